The van der Waals surface area contributed by atoms with Gasteiger partial charge in [-0.2, -0.15) is 0 Å². The molecule has 0 bridgehead atoms. The van der Waals surface area contributed by atoms with Gasteiger partial charge >= 0.3 is 5.97 Å². The lowest BCUT2D eigenvalue weighted by Gasteiger charge is -2.27. The van der Waals surface area contributed by atoms with Crippen LogP contribution in [0.4, 0.5) is 0 Å². The number of nitrogens with zero attached hydrogens (tertiary/aromatic N) is 1. The van der Waals surface area contributed by atoms with Gasteiger partial charge in [0.2, 0.25) is 5.91 Å². The number of nitrogens with one attached hydrogen (secondary N) is 1. The summed E-state index contributed by atoms with van der Waals surface area (Å²) in [5.74, 6) is -1.45. The van der Waals surface area contributed by atoms with Gasteiger partial charge in [-0.15, -0.1) is 0 Å². The zero-order chi connectivity index (χ0) is 16.7. The normalized spacial score (nSPS) is 11.4. The van der Waals surface area contributed by atoms with Crippen molar-refractivity contribution in [2.24, 2.45) is 0 Å². The topological polar surface area (TPSA) is 95.9 Å². The van der Waals surface area contributed by atoms with Crippen LogP contribution < -0.4 is 10.1 Å². The Bertz CT molecular complexity index is 559. The van der Waals surface area contributed by atoms with E-state index < -0.39 is 17.9 Å². The zero-order valence-electron chi connectivity index (χ0n) is 12.8. The molecule has 0 saturated heterocycles. The van der Waals surface area contributed by atoms with Crippen molar-refractivity contribution in [3.8, 4) is 5.75 Å². The molecule has 0 aliphatic carbocycles. The van der Waals surface area contributed by atoms with E-state index in [2.05, 4.69) is 5.32 Å². The molecule has 0 aliphatic rings. The summed E-state index contributed by atoms with van der Waals surface area (Å²) in [4.78, 5) is 35.9. The lowest BCUT2D eigenvalue weighted by molar-refractivity contribution is -0.141. The van der Waals surface area contributed by atoms with E-state index in [1.807, 2.05) is 0 Å². The summed E-state index contributed by atoms with van der Waals surface area (Å²) in [6.45, 7) is 3.04. The summed E-state index contributed by atoms with van der Waals surface area (Å²) in [5, 5.41) is 11.7. The average Bonchev–Trinajstić information content (AvgIpc) is 2.49. The predicted octanol–water partition coefficient (Wildman–Crippen LogP) is 0.747. The molecule has 7 nitrogen and oxygen atoms in total. The van der Waals surface area contributed by atoms with E-state index in [0.717, 1.165) is 0 Å². The summed E-state index contributed by atoms with van der Waals surface area (Å²) in [5.41, 5.74) is 0.279. The van der Waals surface area contributed by atoms with E-state index in [4.69, 9.17) is 4.74 Å². The van der Waals surface area contributed by atoms with Crippen molar-refractivity contribution in [2.75, 3.05) is 20.2 Å². The Morgan fingerprint density at radius 3 is 2.50 bits per heavy atom. The molecule has 7 heteroatoms. The highest BCUT2D eigenvalue weighted by Gasteiger charge is 2.27. The molecular formula is C15H20N2O5. The van der Waals surface area contributed by atoms with Crippen LogP contribution in [0.25, 0.3) is 0 Å². The molecule has 0 heterocycles. The number of hydrogen-bond acceptors (Lipinski definition) is 4. The fraction of sp³-hybridized carbons (Fsp3) is 0.400. The smallest absolute Gasteiger partial charge is 0.326 e. The molecule has 0 saturated carbocycles. The maximum absolute atomic E-state index is 12.6. The number of ether oxygens (including phenoxy) is 1. The summed E-state index contributed by atoms with van der Waals surface area (Å²) in [6, 6.07) is 5.57. The number of carbonyl (C=O) groups excluding carboxylic acids is 2. The van der Waals surface area contributed by atoms with Gasteiger partial charge < -0.3 is 20.1 Å². The highest BCUT2D eigenvalue weighted by atomic mass is 16.5. The van der Waals surface area contributed by atoms with Crippen LogP contribution in [0.2, 0.25) is 0 Å². The Labute approximate surface area is 128 Å². The lowest BCUT2D eigenvalue weighted by atomic mass is 10.1. The quantitative estimate of drug-likeness (QED) is 0.775. The Hall–Kier alpha value is -2.57. The van der Waals surface area contributed by atoms with Gasteiger partial charge in [-0.1, -0.05) is 12.1 Å². The molecule has 2 N–H and O–H groups in total. The van der Waals surface area contributed by atoms with Gasteiger partial charge in [0.15, 0.2) is 0 Å². The number of carbonyl (C=O) groups is 3. The van der Waals surface area contributed by atoms with Gasteiger partial charge in [0.1, 0.15) is 11.8 Å². The number of rotatable bonds is 7. The molecular weight excluding hydrogens is 288 g/mol. The minimum absolute atomic E-state index is 0.0872. The van der Waals surface area contributed by atoms with E-state index in [0.29, 0.717) is 5.75 Å². The standard InChI is InChI=1S/C15H20N2O5/c1-10(15(20)21)17(9-8-16-11(2)18)14(19)12-6-4-5-7-13(12)22-3/h4-7,10H,8-9H2,1-3H3,(H,16,18)(H,20,21). The molecule has 0 fully saturated rings. The van der Waals surface area contributed by atoms with Crippen LogP contribution in [-0.4, -0.2) is 54.0 Å². The number of hydrogen-bond donors (Lipinski definition) is 2. The summed E-state index contributed by atoms with van der Waals surface area (Å²) in [7, 11) is 1.44. The van der Waals surface area contributed by atoms with E-state index >= 15 is 0 Å². The van der Waals surface area contributed by atoms with Gasteiger partial charge in [0.05, 0.1) is 12.7 Å². The van der Waals surface area contributed by atoms with Crippen molar-refractivity contribution in [3.05, 3.63) is 29.8 Å². The number of benzene rings is 1. The van der Waals surface area contributed by atoms with Crippen molar-refractivity contribution in [2.45, 2.75) is 19.9 Å². The molecule has 1 aromatic carbocycles. The van der Waals surface area contributed by atoms with Crippen molar-refractivity contribution in [1.29, 1.82) is 0 Å². The van der Waals surface area contributed by atoms with Gasteiger partial charge in [-0.25, -0.2) is 4.79 Å². The average molecular weight is 308 g/mol. The molecule has 1 aromatic rings. The number of carboxylic acid groups (broad SMARTS) is 1. The van der Waals surface area contributed by atoms with Crippen LogP contribution in [-0.2, 0) is 9.59 Å². The highest BCUT2D eigenvalue weighted by Crippen LogP contribution is 2.20. The first-order chi connectivity index (χ1) is 10.4. The molecule has 120 valence electrons. The number of para-hydroxylation sites is 1. The summed E-state index contributed by atoms with van der Waals surface area (Å²) >= 11 is 0. The van der Waals surface area contributed by atoms with Crippen molar-refractivity contribution < 1.29 is 24.2 Å². The molecule has 0 radical (unpaired) electrons. The third-order valence-electron chi connectivity index (χ3n) is 3.15. The van der Waals surface area contributed by atoms with Crippen molar-refractivity contribution in [1.82, 2.24) is 10.2 Å². The molecule has 0 spiro atoms. The van der Waals surface area contributed by atoms with Crippen LogP contribution in [0.3, 0.4) is 0 Å². The van der Waals surface area contributed by atoms with Crippen LogP contribution in [0, 0.1) is 0 Å². The van der Waals surface area contributed by atoms with Gasteiger partial charge in [0.25, 0.3) is 5.91 Å². The Morgan fingerprint density at radius 2 is 1.95 bits per heavy atom. The largest absolute Gasteiger partial charge is 0.496 e. The maximum atomic E-state index is 12.6. The molecule has 0 aromatic heterocycles. The van der Waals surface area contributed by atoms with Gasteiger partial charge in [-0.3, -0.25) is 9.59 Å². The lowest BCUT2D eigenvalue weighted by Crippen LogP contribution is -2.46. The second-order valence-corrected chi connectivity index (χ2v) is 4.70. The van der Waals surface area contributed by atoms with Crippen LogP contribution in [0.5, 0.6) is 5.75 Å². The SMILES string of the molecule is COc1ccccc1C(=O)N(CCNC(C)=O)C(C)C(=O)O. The predicted molar refractivity (Wildman–Crippen MR) is 79.8 cm³/mol. The Morgan fingerprint density at radius 1 is 1.32 bits per heavy atom. The highest BCUT2D eigenvalue weighted by molar-refractivity contribution is 5.98. The third-order valence-corrected chi connectivity index (χ3v) is 3.15. The number of methoxy groups -OCH3 is 1. The summed E-state index contributed by atoms with van der Waals surface area (Å²) in [6.07, 6.45) is 0. The fourth-order valence-electron chi connectivity index (χ4n) is 1.93. The van der Waals surface area contributed by atoms with E-state index in [-0.39, 0.29) is 24.6 Å². The minimum Gasteiger partial charge on any atom is -0.496 e. The van der Waals surface area contributed by atoms with E-state index in [1.165, 1.54) is 25.9 Å². The minimum atomic E-state index is -1.12. The second-order valence-electron chi connectivity index (χ2n) is 4.70. The zero-order valence-corrected chi connectivity index (χ0v) is 12.8. The molecule has 0 aliphatic heterocycles. The fourth-order valence-corrected chi connectivity index (χ4v) is 1.93. The molecule has 1 atom stereocenters. The first kappa shape index (κ1) is 17.5. The van der Waals surface area contributed by atoms with Crippen LogP contribution >= 0.6 is 0 Å². The van der Waals surface area contributed by atoms with Gasteiger partial charge in [0, 0.05) is 20.0 Å². The number of aliphatic carboxylic acids is 1. The number of amides is 2. The molecule has 22 heavy (non-hydrogen) atoms. The maximum Gasteiger partial charge on any atom is 0.326 e. The van der Waals surface area contributed by atoms with Crippen LogP contribution in [0.1, 0.15) is 24.2 Å². The number of carboxylic acids is 1. The Kier molecular flexibility index (Phi) is 6.37. The van der Waals surface area contributed by atoms with Crippen LogP contribution in [0.15, 0.2) is 24.3 Å². The van der Waals surface area contributed by atoms with Crippen molar-refractivity contribution in [3.63, 3.8) is 0 Å². The van der Waals surface area contributed by atoms with Gasteiger partial charge in [-0.05, 0) is 19.1 Å². The second kappa shape index (κ2) is 8.02. The molecule has 2 amide bonds. The van der Waals surface area contributed by atoms with Crippen molar-refractivity contribution >= 4 is 17.8 Å². The monoisotopic (exact) mass is 308 g/mol. The first-order valence-corrected chi connectivity index (χ1v) is 6.79. The van der Waals surface area contributed by atoms with E-state index in [9.17, 15) is 19.5 Å². The van der Waals surface area contributed by atoms with E-state index in [1.54, 1.807) is 24.3 Å². The third kappa shape index (κ3) is 4.47. The Balaban J connectivity index is 3.00. The first-order valence-electron chi connectivity index (χ1n) is 6.79. The summed E-state index contributed by atoms with van der Waals surface area (Å²) < 4.78 is 5.13. The molecule has 1 unspecified atom stereocenters. The molecule has 1 rings (SSSR count).